The van der Waals surface area contributed by atoms with Crippen molar-refractivity contribution in [2.24, 2.45) is 11.8 Å². The van der Waals surface area contributed by atoms with Crippen LogP contribution in [0.15, 0.2) is 35.4 Å². The number of sulfonamides is 1. The van der Waals surface area contributed by atoms with Crippen LogP contribution in [0.1, 0.15) is 63.2 Å². The van der Waals surface area contributed by atoms with E-state index in [4.69, 9.17) is 4.98 Å². The molecule has 3 saturated heterocycles. The predicted molar refractivity (Wildman–Crippen MR) is 152 cm³/mol. The van der Waals surface area contributed by atoms with Crippen molar-refractivity contribution in [1.29, 1.82) is 0 Å². The monoisotopic (exact) mass is 567 g/mol. The summed E-state index contributed by atoms with van der Waals surface area (Å²) >= 11 is 0. The third-order valence-electron chi connectivity index (χ3n) is 8.98. The molecule has 0 spiro atoms. The molecule has 4 aliphatic rings. The van der Waals surface area contributed by atoms with Crippen LogP contribution in [0.25, 0.3) is 0 Å². The Morgan fingerprint density at radius 1 is 1.02 bits per heavy atom. The largest absolute Gasteiger partial charge is 0.370 e. The number of nitrogens with one attached hydrogen (secondary N) is 2. The molecule has 3 amide bonds. The number of carbonyl (C=O) groups excluding carboxylic acids is 2. The number of pyridine rings is 2. The van der Waals surface area contributed by atoms with Gasteiger partial charge >= 0.3 is 6.03 Å². The Bertz CT molecular complexity index is 1450. The second-order valence-electron chi connectivity index (χ2n) is 12.2. The summed E-state index contributed by atoms with van der Waals surface area (Å²) in [5.74, 6) is 1.26. The number of urea groups is 1. The van der Waals surface area contributed by atoms with Gasteiger partial charge in [-0.15, -0.1) is 0 Å². The standard InChI is InChI=1S/C28H37N7O4S/c1-18-12-13-29-22-8-6-9-24(30-22)40(38,39)32-26(36)21-10-11-23(31-25(21)35-16-19(18)15-28(35,2)3)34-17-20-7-4-5-14-33(20)27(34)37/h6,8-11,18-20H,4-5,7,12-17H2,1-3H3,(H,29,30)(H,32,36). The van der Waals surface area contributed by atoms with Gasteiger partial charge in [0, 0.05) is 31.7 Å². The average molecular weight is 568 g/mol. The van der Waals surface area contributed by atoms with Gasteiger partial charge in [0.2, 0.25) is 0 Å². The molecule has 214 valence electrons. The van der Waals surface area contributed by atoms with Crippen molar-refractivity contribution >= 4 is 39.4 Å². The fraction of sp³-hybridized carbons (Fsp3) is 0.571. The molecule has 2 aromatic heterocycles. The smallest absolute Gasteiger partial charge is 0.326 e. The molecule has 3 fully saturated rings. The topological polar surface area (TPSA) is 128 Å². The molecule has 0 aromatic carbocycles. The number of hydrogen-bond acceptors (Lipinski definition) is 8. The highest BCUT2D eigenvalue weighted by molar-refractivity contribution is 7.90. The van der Waals surface area contributed by atoms with Crippen molar-refractivity contribution < 1.29 is 18.0 Å². The van der Waals surface area contributed by atoms with Gasteiger partial charge in [0.25, 0.3) is 15.9 Å². The molecule has 6 rings (SSSR count). The lowest BCUT2D eigenvalue weighted by Crippen LogP contribution is -2.41. The van der Waals surface area contributed by atoms with Crippen LogP contribution < -0.4 is 19.8 Å². The van der Waals surface area contributed by atoms with Crippen LogP contribution in [0.4, 0.5) is 22.2 Å². The number of anilines is 3. The number of fused-ring (bicyclic) bond motifs is 7. The number of aromatic nitrogens is 2. The van der Waals surface area contributed by atoms with E-state index in [0.717, 1.165) is 38.6 Å². The van der Waals surface area contributed by atoms with Crippen LogP contribution in [0.2, 0.25) is 0 Å². The Labute approximate surface area is 235 Å². The number of nitrogens with zero attached hydrogens (tertiary/aromatic N) is 5. The Kier molecular flexibility index (Phi) is 6.63. The maximum atomic E-state index is 13.6. The summed E-state index contributed by atoms with van der Waals surface area (Å²) in [6.07, 6.45) is 4.84. The van der Waals surface area contributed by atoms with E-state index >= 15 is 0 Å². The summed E-state index contributed by atoms with van der Waals surface area (Å²) in [5, 5.41) is 3.00. The van der Waals surface area contributed by atoms with E-state index in [1.54, 1.807) is 29.2 Å². The summed E-state index contributed by atoms with van der Waals surface area (Å²) in [6, 6.07) is 8.05. The molecule has 11 nitrogen and oxygen atoms in total. The molecular weight excluding hydrogens is 530 g/mol. The molecule has 3 unspecified atom stereocenters. The van der Waals surface area contributed by atoms with E-state index < -0.39 is 15.9 Å². The van der Waals surface area contributed by atoms with E-state index in [-0.39, 0.29) is 28.2 Å². The van der Waals surface area contributed by atoms with E-state index in [1.165, 1.54) is 6.07 Å². The predicted octanol–water partition coefficient (Wildman–Crippen LogP) is 3.45. The normalized spacial score (nSPS) is 27.7. The first-order valence-electron chi connectivity index (χ1n) is 14.2. The molecule has 3 atom stereocenters. The van der Waals surface area contributed by atoms with Crippen LogP contribution in [0, 0.1) is 11.8 Å². The number of piperidine rings is 1. The minimum absolute atomic E-state index is 0.0630. The van der Waals surface area contributed by atoms with Crippen molar-refractivity contribution in [3.63, 3.8) is 0 Å². The van der Waals surface area contributed by atoms with Gasteiger partial charge in [0.05, 0.1) is 11.6 Å². The van der Waals surface area contributed by atoms with Crippen molar-refractivity contribution in [3.8, 4) is 0 Å². The quantitative estimate of drug-likeness (QED) is 0.537. The number of carbonyl (C=O) groups is 2. The van der Waals surface area contributed by atoms with Gasteiger partial charge in [-0.3, -0.25) is 9.69 Å². The molecule has 2 N–H and O–H groups in total. The zero-order valence-electron chi connectivity index (χ0n) is 23.3. The van der Waals surface area contributed by atoms with Crippen LogP contribution in [-0.2, 0) is 10.0 Å². The lowest BCUT2D eigenvalue weighted by Gasteiger charge is -2.34. The summed E-state index contributed by atoms with van der Waals surface area (Å²) in [6.45, 7) is 9.11. The molecule has 12 heteroatoms. The molecule has 4 aliphatic heterocycles. The van der Waals surface area contributed by atoms with Crippen LogP contribution in [0.5, 0.6) is 0 Å². The molecule has 0 radical (unpaired) electrons. The summed E-state index contributed by atoms with van der Waals surface area (Å²) < 4.78 is 28.6. The third-order valence-corrected chi connectivity index (χ3v) is 10.2. The second kappa shape index (κ2) is 9.90. The minimum atomic E-state index is -4.24. The average Bonchev–Trinajstić information content (AvgIpc) is 3.43. The van der Waals surface area contributed by atoms with Gasteiger partial charge in [-0.2, -0.15) is 8.42 Å². The zero-order valence-corrected chi connectivity index (χ0v) is 24.1. The molecule has 0 aliphatic carbocycles. The van der Waals surface area contributed by atoms with E-state index in [1.807, 2.05) is 4.90 Å². The maximum absolute atomic E-state index is 13.6. The third kappa shape index (κ3) is 4.76. The van der Waals surface area contributed by atoms with Crippen molar-refractivity contribution in [1.82, 2.24) is 19.6 Å². The summed E-state index contributed by atoms with van der Waals surface area (Å²) in [4.78, 5) is 41.9. The Hall–Kier alpha value is -3.41. The van der Waals surface area contributed by atoms with Crippen molar-refractivity contribution in [2.75, 3.05) is 41.3 Å². The number of hydrogen-bond donors (Lipinski definition) is 2. The molecule has 2 aromatic rings. The van der Waals surface area contributed by atoms with Crippen molar-refractivity contribution in [3.05, 3.63) is 35.9 Å². The summed E-state index contributed by atoms with van der Waals surface area (Å²) in [5.41, 5.74) is -0.177. The fourth-order valence-corrected chi connectivity index (χ4v) is 7.59. The maximum Gasteiger partial charge on any atom is 0.326 e. The van der Waals surface area contributed by atoms with Gasteiger partial charge in [-0.1, -0.05) is 13.0 Å². The van der Waals surface area contributed by atoms with Crippen molar-refractivity contribution in [2.45, 2.75) is 69.5 Å². The second-order valence-corrected chi connectivity index (χ2v) is 13.8. The van der Waals surface area contributed by atoms with Gasteiger partial charge in [-0.05, 0) is 82.1 Å². The van der Waals surface area contributed by atoms with Gasteiger partial charge < -0.3 is 15.1 Å². The highest BCUT2D eigenvalue weighted by atomic mass is 32.2. The highest BCUT2D eigenvalue weighted by Gasteiger charge is 2.44. The number of amides is 3. The lowest BCUT2D eigenvalue weighted by molar-refractivity contribution is 0.0981. The fourth-order valence-electron chi connectivity index (χ4n) is 6.66. The van der Waals surface area contributed by atoms with E-state index in [9.17, 15) is 18.0 Å². The molecule has 4 bridgehead atoms. The molecule has 0 saturated carbocycles. The summed E-state index contributed by atoms with van der Waals surface area (Å²) in [7, 11) is -4.24. The van der Waals surface area contributed by atoms with Crippen LogP contribution in [-0.4, -0.2) is 73.0 Å². The Balaban J connectivity index is 1.43. The van der Waals surface area contributed by atoms with Gasteiger partial charge in [-0.25, -0.2) is 19.5 Å². The van der Waals surface area contributed by atoms with Gasteiger partial charge in [0.1, 0.15) is 17.5 Å². The van der Waals surface area contributed by atoms with E-state index in [0.29, 0.717) is 48.9 Å². The first kappa shape index (κ1) is 26.8. The molecular formula is C28H37N7O4S. The Morgan fingerprint density at radius 2 is 1.85 bits per heavy atom. The molecule has 6 heterocycles. The lowest BCUT2D eigenvalue weighted by atomic mass is 9.86. The first-order chi connectivity index (χ1) is 19.0. The zero-order chi connectivity index (χ0) is 28.2. The SMILES string of the molecule is CC1CCNc2cccc(n2)S(=O)(=O)NC(=O)c2ccc(N3CC4CCCCN4C3=O)nc2N2CC1CC2(C)C. The van der Waals surface area contributed by atoms with Gasteiger partial charge in [0.15, 0.2) is 5.03 Å². The minimum Gasteiger partial charge on any atom is -0.370 e. The van der Waals surface area contributed by atoms with E-state index in [2.05, 4.69) is 40.7 Å². The van der Waals surface area contributed by atoms with Crippen LogP contribution in [0.3, 0.4) is 0 Å². The Morgan fingerprint density at radius 3 is 2.65 bits per heavy atom. The van der Waals surface area contributed by atoms with Crippen LogP contribution >= 0.6 is 0 Å². The number of rotatable bonds is 1. The molecule has 40 heavy (non-hydrogen) atoms. The highest BCUT2D eigenvalue weighted by Crippen LogP contribution is 2.42. The first-order valence-corrected chi connectivity index (χ1v) is 15.7.